The minimum Gasteiger partial charge on any atom is -0.385 e. The Bertz CT molecular complexity index is 261. The molecule has 0 unspecified atom stereocenters. The molecule has 0 aromatic heterocycles. The van der Waals surface area contributed by atoms with Gasteiger partial charge in [-0.1, -0.05) is 12.1 Å². The molecule has 84 valence electrons. The first-order valence-corrected chi connectivity index (χ1v) is 6.26. The van der Waals surface area contributed by atoms with E-state index in [4.69, 9.17) is 10.5 Å². The second-order valence-corrected chi connectivity index (χ2v) is 4.56. The van der Waals surface area contributed by atoms with Crippen molar-refractivity contribution in [2.45, 2.75) is 24.3 Å². The molecule has 0 aliphatic rings. The number of rotatable bonds is 7. The lowest BCUT2D eigenvalue weighted by molar-refractivity contribution is 0.194. The molecule has 0 atom stereocenters. The van der Waals surface area contributed by atoms with Crippen LogP contribution in [-0.4, -0.2) is 19.5 Å². The van der Waals surface area contributed by atoms with Gasteiger partial charge in [-0.3, -0.25) is 0 Å². The first kappa shape index (κ1) is 12.6. The molecule has 3 heteroatoms. The third-order valence-corrected chi connectivity index (χ3v) is 3.27. The van der Waals surface area contributed by atoms with Crippen LogP contribution in [0.1, 0.15) is 18.4 Å². The average molecular weight is 225 g/mol. The van der Waals surface area contributed by atoms with Crippen LogP contribution < -0.4 is 5.73 Å². The molecule has 0 aliphatic carbocycles. The van der Waals surface area contributed by atoms with Crippen molar-refractivity contribution in [3.63, 3.8) is 0 Å². The van der Waals surface area contributed by atoms with Crippen molar-refractivity contribution in [1.82, 2.24) is 0 Å². The Balaban J connectivity index is 2.20. The van der Waals surface area contributed by atoms with Gasteiger partial charge in [0.15, 0.2) is 0 Å². The van der Waals surface area contributed by atoms with Crippen LogP contribution in [0.3, 0.4) is 0 Å². The number of unbranched alkanes of at least 4 members (excludes halogenated alkanes) is 1. The molecule has 2 nitrogen and oxygen atoms in total. The van der Waals surface area contributed by atoms with Crippen molar-refractivity contribution in [2.24, 2.45) is 5.73 Å². The fraction of sp³-hybridized carbons (Fsp3) is 0.500. The summed E-state index contributed by atoms with van der Waals surface area (Å²) < 4.78 is 5.00. The van der Waals surface area contributed by atoms with E-state index >= 15 is 0 Å². The summed E-state index contributed by atoms with van der Waals surface area (Å²) >= 11 is 1.89. The lowest BCUT2D eigenvalue weighted by Crippen LogP contribution is -1.95. The van der Waals surface area contributed by atoms with Crippen LogP contribution in [-0.2, 0) is 11.3 Å². The van der Waals surface area contributed by atoms with Crippen LogP contribution in [0.15, 0.2) is 29.2 Å². The third kappa shape index (κ3) is 5.21. The van der Waals surface area contributed by atoms with Gasteiger partial charge >= 0.3 is 0 Å². The minimum absolute atomic E-state index is 0.624. The average Bonchev–Trinajstić information content (AvgIpc) is 2.30. The molecule has 0 amide bonds. The number of thioether (sulfide) groups is 1. The fourth-order valence-electron chi connectivity index (χ4n) is 1.26. The van der Waals surface area contributed by atoms with Crippen molar-refractivity contribution in [3.8, 4) is 0 Å². The number of hydrogen-bond donors (Lipinski definition) is 1. The highest BCUT2D eigenvalue weighted by atomic mass is 32.2. The quantitative estimate of drug-likeness (QED) is 0.572. The van der Waals surface area contributed by atoms with Crippen molar-refractivity contribution in [3.05, 3.63) is 29.8 Å². The SMILES string of the molecule is COCCCCSc1ccc(CN)cc1. The summed E-state index contributed by atoms with van der Waals surface area (Å²) in [7, 11) is 1.75. The normalized spacial score (nSPS) is 10.5. The summed E-state index contributed by atoms with van der Waals surface area (Å²) in [6.07, 6.45) is 2.35. The fourth-order valence-corrected chi connectivity index (χ4v) is 2.17. The zero-order chi connectivity index (χ0) is 10.9. The maximum Gasteiger partial charge on any atom is 0.0462 e. The van der Waals surface area contributed by atoms with Crippen molar-refractivity contribution in [2.75, 3.05) is 19.5 Å². The first-order chi connectivity index (χ1) is 7.36. The Labute approximate surface area is 96.2 Å². The molecule has 0 bridgehead atoms. The third-order valence-electron chi connectivity index (χ3n) is 2.17. The van der Waals surface area contributed by atoms with E-state index < -0.39 is 0 Å². The minimum atomic E-state index is 0.624. The largest absolute Gasteiger partial charge is 0.385 e. The van der Waals surface area contributed by atoms with Crippen molar-refractivity contribution < 1.29 is 4.74 Å². The van der Waals surface area contributed by atoms with E-state index in [0.717, 1.165) is 18.8 Å². The zero-order valence-corrected chi connectivity index (χ0v) is 10.1. The number of nitrogens with two attached hydrogens (primary N) is 1. The van der Waals surface area contributed by atoms with Gasteiger partial charge in [-0.25, -0.2) is 0 Å². The van der Waals surface area contributed by atoms with Crippen molar-refractivity contribution >= 4 is 11.8 Å². The lowest BCUT2D eigenvalue weighted by atomic mass is 10.2. The van der Waals surface area contributed by atoms with Crippen molar-refractivity contribution in [1.29, 1.82) is 0 Å². The van der Waals surface area contributed by atoms with Crippen LogP contribution in [0, 0.1) is 0 Å². The monoisotopic (exact) mass is 225 g/mol. The first-order valence-electron chi connectivity index (χ1n) is 5.27. The van der Waals surface area contributed by atoms with Gasteiger partial charge in [0.1, 0.15) is 0 Å². The topological polar surface area (TPSA) is 35.2 Å². The van der Waals surface area contributed by atoms with Gasteiger partial charge in [0.05, 0.1) is 0 Å². The second-order valence-electron chi connectivity index (χ2n) is 3.40. The summed E-state index contributed by atoms with van der Waals surface area (Å²) in [4.78, 5) is 1.32. The van der Waals surface area contributed by atoms with E-state index in [-0.39, 0.29) is 0 Å². The molecule has 15 heavy (non-hydrogen) atoms. The number of methoxy groups -OCH3 is 1. The molecule has 0 radical (unpaired) electrons. The zero-order valence-electron chi connectivity index (χ0n) is 9.24. The van der Waals surface area contributed by atoms with Gasteiger partial charge in [0, 0.05) is 25.2 Å². The Hall–Kier alpha value is -0.510. The van der Waals surface area contributed by atoms with Crippen LogP contribution >= 0.6 is 11.8 Å². The highest BCUT2D eigenvalue weighted by molar-refractivity contribution is 7.99. The van der Waals surface area contributed by atoms with Crippen LogP contribution in [0.5, 0.6) is 0 Å². The molecule has 0 aliphatic heterocycles. The number of hydrogen-bond acceptors (Lipinski definition) is 3. The highest BCUT2D eigenvalue weighted by Crippen LogP contribution is 2.19. The smallest absolute Gasteiger partial charge is 0.0462 e. The van der Waals surface area contributed by atoms with Crippen LogP contribution in [0.4, 0.5) is 0 Å². The van der Waals surface area contributed by atoms with Gasteiger partial charge in [-0.15, -0.1) is 11.8 Å². The van der Waals surface area contributed by atoms with Gasteiger partial charge < -0.3 is 10.5 Å². The van der Waals surface area contributed by atoms with E-state index in [1.54, 1.807) is 7.11 Å². The predicted molar refractivity (Wildman–Crippen MR) is 66.2 cm³/mol. The van der Waals surface area contributed by atoms with Gasteiger partial charge in [0.2, 0.25) is 0 Å². The van der Waals surface area contributed by atoms with E-state index in [1.165, 1.54) is 16.9 Å². The molecule has 0 spiro atoms. The molecule has 0 saturated carbocycles. The molecule has 0 fully saturated rings. The Morgan fingerprint density at radius 2 is 1.93 bits per heavy atom. The summed E-state index contributed by atoms with van der Waals surface area (Å²) in [6, 6.07) is 8.47. The standard InChI is InChI=1S/C12H19NOS/c1-14-8-2-3-9-15-12-6-4-11(10-13)5-7-12/h4-7H,2-3,8-10,13H2,1H3. The highest BCUT2D eigenvalue weighted by Gasteiger charge is 1.94. The molecule has 1 rings (SSSR count). The maximum atomic E-state index is 5.53. The predicted octanol–water partition coefficient (Wildman–Crippen LogP) is 2.66. The molecule has 0 saturated heterocycles. The summed E-state index contributed by atoms with van der Waals surface area (Å²) in [5.41, 5.74) is 6.73. The molecular weight excluding hydrogens is 206 g/mol. The lowest BCUT2D eigenvalue weighted by Gasteiger charge is -2.02. The number of benzene rings is 1. The second kappa shape index (κ2) is 7.74. The van der Waals surface area contributed by atoms with E-state index in [0.29, 0.717) is 6.54 Å². The summed E-state index contributed by atoms with van der Waals surface area (Å²) in [5.74, 6) is 1.16. The molecule has 1 aromatic rings. The van der Waals surface area contributed by atoms with Gasteiger partial charge in [-0.2, -0.15) is 0 Å². The van der Waals surface area contributed by atoms with E-state index in [9.17, 15) is 0 Å². The summed E-state index contributed by atoms with van der Waals surface area (Å²) in [5, 5.41) is 0. The Kier molecular flexibility index (Phi) is 6.48. The molecular formula is C12H19NOS. The Morgan fingerprint density at radius 1 is 1.20 bits per heavy atom. The van der Waals surface area contributed by atoms with Gasteiger partial charge in [0.25, 0.3) is 0 Å². The van der Waals surface area contributed by atoms with Crippen LogP contribution in [0.2, 0.25) is 0 Å². The molecule has 2 N–H and O–H groups in total. The number of ether oxygens (including phenoxy) is 1. The molecule has 0 heterocycles. The van der Waals surface area contributed by atoms with E-state index in [2.05, 4.69) is 24.3 Å². The summed E-state index contributed by atoms with van der Waals surface area (Å²) in [6.45, 7) is 1.49. The maximum absolute atomic E-state index is 5.53. The van der Waals surface area contributed by atoms with Gasteiger partial charge in [-0.05, 0) is 36.3 Å². The van der Waals surface area contributed by atoms with E-state index in [1.807, 2.05) is 11.8 Å². The van der Waals surface area contributed by atoms with Crippen LogP contribution in [0.25, 0.3) is 0 Å². The molecule has 1 aromatic carbocycles. The Morgan fingerprint density at radius 3 is 2.53 bits per heavy atom.